The number of ether oxygens (including phenoxy) is 1. The molecule has 0 aromatic rings. The Balaban J connectivity index is 2.00. The van der Waals surface area contributed by atoms with Gasteiger partial charge in [0, 0.05) is 26.1 Å². The summed E-state index contributed by atoms with van der Waals surface area (Å²) in [5, 5.41) is 8.69. The molecule has 0 radical (unpaired) electrons. The van der Waals surface area contributed by atoms with E-state index in [1.165, 1.54) is 0 Å². The van der Waals surface area contributed by atoms with E-state index < -0.39 is 0 Å². The second-order valence-electron chi connectivity index (χ2n) is 5.18. The van der Waals surface area contributed by atoms with Gasteiger partial charge in [0.2, 0.25) is 5.91 Å². The zero-order chi connectivity index (χ0) is 13.9. The zero-order valence-corrected chi connectivity index (χ0v) is 12.1. The maximum Gasteiger partial charge on any atom is 0.222 e. The first-order chi connectivity index (χ1) is 9.24. The number of aliphatic hydroxyl groups excluding tert-OH is 1. The van der Waals surface area contributed by atoms with Crippen molar-refractivity contribution in [2.24, 2.45) is 0 Å². The SMILES string of the molecule is CN(CCCCCO)CCCC(=O)N1CCOCC1. The molecule has 0 bridgehead atoms. The molecule has 1 fully saturated rings. The molecule has 1 rings (SSSR count). The molecule has 5 nitrogen and oxygen atoms in total. The molecule has 0 aliphatic carbocycles. The maximum absolute atomic E-state index is 11.9. The molecule has 19 heavy (non-hydrogen) atoms. The van der Waals surface area contributed by atoms with Gasteiger partial charge in [-0.2, -0.15) is 0 Å². The molecule has 1 amide bonds. The van der Waals surface area contributed by atoms with Crippen molar-refractivity contribution in [3.63, 3.8) is 0 Å². The molecular weight excluding hydrogens is 244 g/mol. The fraction of sp³-hybridized carbons (Fsp3) is 0.929. The molecule has 1 aliphatic heterocycles. The molecule has 1 heterocycles. The van der Waals surface area contributed by atoms with Crippen LogP contribution in [-0.2, 0) is 9.53 Å². The van der Waals surface area contributed by atoms with E-state index in [2.05, 4.69) is 11.9 Å². The molecule has 0 aromatic heterocycles. The van der Waals surface area contributed by atoms with Crippen LogP contribution in [0.4, 0.5) is 0 Å². The molecule has 0 spiro atoms. The Hall–Kier alpha value is -0.650. The minimum atomic E-state index is 0.261. The first kappa shape index (κ1) is 16.4. The number of morpholine rings is 1. The predicted molar refractivity (Wildman–Crippen MR) is 75.1 cm³/mol. The van der Waals surface area contributed by atoms with Crippen molar-refractivity contribution in [3.8, 4) is 0 Å². The van der Waals surface area contributed by atoms with E-state index in [4.69, 9.17) is 9.84 Å². The molecule has 1 N–H and O–H groups in total. The molecule has 1 aliphatic rings. The summed E-state index contributed by atoms with van der Waals surface area (Å²) >= 11 is 0. The van der Waals surface area contributed by atoms with Gasteiger partial charge in [-0.15, -0.1) is 0 Å². The number of amides is 1. The van der Waals surface area contributed by atoms with Gasteiger partial charge in [-0.3, -0.25) is 4.79 Å². The van der Waals surface area contributed by atoms with Crippen LogP contribution in [0.25, 0.3) is 0 Å². The fourth-order valence-electron chi connectivity index (χ4n) is 2.25. The van der Waals surface area contributed by atoms with Crippen LogP contribution in [0.2, 0.25) is 0 Å². The lowest BCUT2D eigenvalue weighted by molar-refractivity contribution is -0.135. The molecular formula is C14H28N2O3. The molecule has 0 atom stereocenters. The van der Waals surface area contributed by atoms with Crippen LogP contribution < -0.4 is 0 Å². The number of carbonyl (C=O) groups is 1. The van der Waals surface area contributed by atoms with Gasteiger partial charge in [-0.1, -0.05) is 0 Å². The first-order valence-electron chi connectivity index (χ1n) is 7.39. The average molecular weight is 272 g/mol. The van der Waals surface area contributed by atoms with Crippen LogP contribution >= 0.6 is 0 Å². The number of rotatable bonds is 9. The molecule has 0 unspecified atom stereocenters. The van der Waals surface area contributed by atoms with Crippen molar-refractivity contribution in [1.29, 1.82) is 0 Å². The summed E-state index contributed by atoms with van der Waals surface area (Å²) < 4.78 is 5.24. The number of hydrogen-bond acceptors (Lipinski definition) is 4. The van der Waals surface area contributed by atoms with Crippen molar-refractivity contribution in [2.75, 3.05) is 53.0 Å². The van der Waals surface area contributed by atoms with Crippen LogP contribution in [-0.4, -0.2) is 73.9 Å². The summed E-state index contributed by atoms with van der Waals surface area (Å²) in [5.41, 5.74) is 0. The third-order valence-corrected chi connectivity index (χ3v) is 3.49. The number of aliphatic hydroxyl groups is 1. The Labute approximate surface area is 116 Å². The Morgan fingerprint density at radius 3 is 2.53 bits per heavy atom. The van der Waals surface area contributed by atoms with Crippen LogP contribution in [0.3, 0.4) is 0 Å². The topological polar surface area (TPSA) is 53.0 Å². The van der Waals surface area contributed by atoms with E-state index >= 15 is 0 Å². The lowest BCUT2D eigenvalue weighted by Gasteiger charge is -2.27. The summed E-state index contributed by atoms with van der Waals surface area (Å²) in [4.78, 5) is 16.1. The summed E-state index contributed by atoms with van der Waals surface area (Å²) in [7, 11) is 2.10. The van der Waals surface area contributed by atoms with Crippen molar-refractivity contribution in [3.05, 3.63) is 0 Å². The maximum atomic E-state index is 11.9. The van der Waals surface area contributed by atoms with Gasteiger partial charge in [0.25, 0.3) is 0 Å². The highest BCUT2D eigenvalue weighted by Gasteiger charge is 2.16. The largest absolute Gasteiger partial charge is 0.396 e. The highest BCUT2D eigenvalue weighted by Crippen LogP contribution is 2.04. The van der Waals surface area contributed by atoms with Crippen molar-refractivity contribution >= 4 is 5.91 Å². The number of carbonyl (C=O) groups excluding carboxylic acids is 1. The highest BCUT2D eigenvalue weighted by molar-refractivity contribution is 5.76. The van der Waals surface area contributed by atoms with Gasteiger partial charge in [0.05, 0.1) is 13.2 Å². The summed E-state index contributed by atoms with van der Waals surface area (Å²) in [6.07, 6.45) is 4.65. The van der Waals surface area contributed by atoms with E-state index in [0.29, 0.717) is 19.6 Å². The lowest BCUT2D eigenvalue weighted by atomic mass is 10.2. The quantitative estimate of drug-likeness (QED) is 0.628. The second kappa shape index (κ2) is 10.2. The fourth-order valence-corrected chi connectivity index (χ4v) is 2.25. The Bertz CT molecular complexity index is 243. The van der Waals surface area contributed by atoms with Crippen LogP contribution in [0, 0.1) is 0 Å². The molecule has 0 saturated carbocycles. The second-order valence-corrected chi connectivity index (χ2v) is 5.18. The first-order valence-corrected chi connectivity index (χ1v) is 7.39. The van der Waals surface area contributed by atoms with E-state index in [0.717, 1.165) is 51.9 Å². The highest BCUT2D eigenvalue weighted by atomic mass is 16.5. The van der Waals surface area contributed by atoms with Gasteiger partial charge in [-0.25, -0.2) is 0 Å². The zero-order valence-electron chi connectivity index (χ0n) is 12.1. The number of unbranched alkanes of at least 4 members (excludes halogenated alkanes) is 2. The van der Waals surface area contributed by atoms with Gasteiger partial charge < -0.3 is 19.6 Å². The summed E-state index contributed by atoms with van der Waals surface area (Å²) in [5.74, 6) is 0.261. The normalized spacial score (nSPS) is 16.1. The standard InChI is InChI=1S/C14H28N2O3/c1-15(7-3-2-4-11-17)8-5-6-14(18)16-9-12-19-13-10-16/h17H,2-13H2,1H3. The summed E-state index contributed by atoms with van der Waals surface area (Å²) in [6.45, 7) is 5.15. The van der Waals surface area contributed by atoms with Gasteiger partial charge in [0.15, 0.2) is 0 Å². The minimum Gasteiger partial charge on any atom is -0.396 e. The van der Waals surface area contributed by atoms with Crippen molar-refractivity contribution in [2.45, 2.75) is 32.1 Å². The predicted octanol–water partition coefficient (Wildman–Crippen LogP) is 0.720. The van der Waals surface area contributed by atoms with Gasteiger partial charge in [-0.05, 0) is 45.8 Å². The Morgan fingerprint density at radius 1 is 1.16 bits per heavy atom. The van der Waals surface area contributed by atoms with Crippen molar-refractivity contribution in [1.82, 2.24) is 9.80 Å². The van der Waals surface area contributed by atoms with Crippen molar-refractivity contribution < 1.29 is 14.6 Å². The third-order valence-electron chi connectivity index (χ3n) is 3.49. The van der Waals surface area contributed by atoms with Gasteiger partial charge in [0.1, 0.15) is 0 Å². The van der Waals surface area contributed by atoms with E-state index in [9.17, 15) is 4.79 Å². The van der Waals surface area contributed by atoms with E-state index in [-0.39, 0.29) is 12.5 Å². The lowest BCUT2D eigenvalue weighted by Crippen LogP contribution is -2.40. The Kier molecular flexibility index (Phi) is 8.79. The monoisotopic (exact) mass is 272 g/mol. The minimum absolute atomic E-state index is 0.261. The van der Waals surface area contributed by atoms with Gasteiger partial charge >= 0.3 is 0 Å². The van der Waals surface area contributed by atoms with E-state index in [1.54, 1.807) is 0 Å². The third kappa shape index (κ3) is 7.50. The van der Waals surface area contributed by atoms with Crippen LogP contribution in [0.1, 0.15) is 32.1 Å². The summed E-state index contributed by atoms with van der Waals surface area (Å²) in [6, 6.07) is 0. The van der Waals surface area contributed by atoms with Crippen LogP contribution in [0.15, 0.2) is 0 Å². The molecule has 1 saturated heterocycles. The molecule has 112 valence electrons. The number of hydrogen-bond donors (Lipinski definition) is 1. The van der Waals surface area contributed by atoms with E-state index in [1.807, 2.05) is 4.90 Å². The average Bonchev–Trinajstić information content (AvgIpc) is 2.44. The van der Waals surface area contributed by atoms with Crippen LogP contribution in [0.5, 0.6) is 0 Å². The smallest absolute Gasteiger partial charge is 0.222 e. The number of nitrogens with zero attached hydrogens (tertiary/aromatic N) is 2. The molecule has 0 aromatic carbocycles. The Morgan fingerprint density at radius 2 is 1.84 bits per heavy atom. The molecule has 5 heteroatoms.